The molecule has 1 aliphatic carbocycles. The van der Waals surface area contributed by atoms with Crippen molar-refractivity contribution in [3.8, 4) is 5.69 Å². The summed E-state index contributed by atoms with van der Waals surface area (Å²) < 4.78 is 13.5. The lowest BCUT2D eigenvalue weighted by Crippen LogP contribution is -2.60. The van der Waals surface area contributed by atoms with Gasteiger partial charge >= 0.3 is 11.9 Å². The van der Waals surface area contributed by atoms with Crippen molar-refractivity contribution in [1.29, 1.82) is 0 Å². The standard InChI is InChI=1S/C75H111N15O16S/c1-14-51(85-74(77)78)64-71(100)82-52(25-22-42(4)35-43(5)59(105-13)36-48-20-16-15-17-21-48)44(6)66(95)83-53(72(101)102)26-27-61(93)89(12)57(70(99)81-47(9)68(97)84-55(34-41(2)3)69(98)86-63(73(103)104)45(7)67(96)87-64)40-107-33-28-60(92)80-30-19-32-106-31-18-29-79-54-37-49(23-24-50(54)65(76)94)90-56-38-75(10,11)39-58(91)62(56)46(8)88-90/h15-17,20-25,35,37,41,43-45,47,51-53,55,57,59,63-64,79H,14,18-19,26-34,36,38-40H2,1-13H3,(H2,76,94)(H,80,92)(H,81,99)(H,82,100)(H,83,95)(H,84,97)(H,86,98)(H,87,96)(H,101,102)(H,103,104)(H4,77,78,85)/b25-22+,42-35+/t43-,44-,45-,47+,51?,52+,53?,55+,57?,59-,63+,64-/m0/s1. The average Bonchev–Trinajstić information content (AvgIpc) is 1.61. The second kappa shape index (κ2) is 42.0. The molecule has 0 saturated carbocycles. The molecule has 2 aromatic carbocycles. The summed E-state index contributed by atoms with van der Waals surface area (Å²) in [5, 5.41) is 47.3. The number of benzene rings is 2. The van der Waals surface area contributed by atoms with Gasteiger partial charge in [-0.25, -0.2) is 19.3 Å². The number of aliphatic carboxylic acids is 2. The van der Waals surface area contributed by atoms with Crippen LogP contribution in [0.25, 0.3) is 5.69 Å². The van der Waals surface area contributed by atoms with E-state index in [1.165, 1.54) is 33.9 Å². The maximum absolute atomic E-state index is 14.8. The van der Waals surface area contributed by atoms with E-state index in [0.29, 0.717) is 80.1 Å². The van der Waals surface area contributed by atoms with E-state index in [4.69, 9.17) is 31.8 Å². The Morgan fingerprint density at radius 2 is 1.50 bits per heavy atom. The second-order valence-electron chi connectivity index (χ2n) is 28.7. The molecule has 0 spiro atoms. The van der Waals surface area contributed by atoms with Crippen molar-refractivity contribution >= 4 is 94.3 Å². The van der Waals surface area contributed by atoms with Crippen molar-refractivity contribution in [2.45, 2.75) is 195 Å². The summed E-state index contributed by atoms with van der Waals surface area (Å²) in [5.74, 6) is -14.4. The zero-order chi connectivity index (χ0) is 79.6. The number of carbonyl (C=O) groups excluding carboxylic acids is 10. The molecular formula is C75H111N15O16S. The van der Waals surface area contributed by atoms with E-state index in [1.807, 2.05) is 64.1 Å². The van der Waals surface area contributed by atoms with E-state index in [2.05, 4.69) is 47.5 Å². The molecule has 1 aliphatic heterocycles. The highest BCUT2D eigenvalue weighted by Crippen LogP contribution is 2.37. The Labute approximate surface area is 630 Å². The average molecular weight is 1510 g/mol. The van der Waals surface area contributed by atoms with Crippen LogP contribution in [0, 0.1) is 36.0 Å². The first-order valence-corrected chi connectivity index (χ1v) is 37.4. The van der Waals surface area contributed by atoms with Crippen LogP contribution in [-0.4, -0.2) is 208 Å². The number of guanidine groups is 1. The van der Waals surface area contributed by atoms with Gasteiger partial charge in [0.05, 0.1) is 58.2 Å². The number of carbonyl (C=O) groups is 12. The van der Waals surface area contributed by atoms with Gasteiger partial charge in [0.2, 0.25) is 47.3 Å². The number of fused-ring (bicyclic) bond motifs is 1. The Balaban J connectivity index is 1.32. The molecule has 2 heterocycles. The maximum Gasteiger partial charge on any atom is 0.327 e. The Hall–Kier alpha value is -9.69. The van der Waals surface area contributed by atoms with E-state index in [1.54, 1.807) is 63.8 Å². The van der Waals surface area contributed by atoms with Gasteiger partial charge in [0, 0.05) is 82.8 Å². The van der Waals surface area contributed by atoms with Gasteiger partial charge in [0.15, 0.2) is 11.7 Å². The number of hydrogen-bond acceptors (Lipinski definition) is 18. The van der Waals surface area contributed by atoms with Crippen molar-refractivity contribution in [3.05, 3.63) is 100 Å². The number of likely N-dealkylation sites (N-methyl/N-ethyl adjacent to an activating group) is 1. The van der Waals surface area contributed by atoms with Crippen LogP contribution >= 0.6 is 11.8 Å². The Morgan fingerprint density at radius 3 is 2.12 bits per heavy atom. The molecule has 3 unspecified atom stereocenters. The van der Waals surface area contributed by atoms with E-state index in [9.17, 15) is 67.7 Å². The smallest absolute Gasteiger partial charge is 0.327 e. The van der Waals surface area contributed by atoms with Gasteiger partial charge in [-0.05, 0) is 101 Å². The van der Waals surface area contributed by atoms with Crippen LogP contribution in [0.1, 0.15) is 158 Å². The summed E-state index contributed by atoms with van der Waals surface area (Å²) in [6.45, 7) is 20.0. The topological polar surface area (TPSA) is 471 Å². The summed E-state index contributed by atoms with van der Waals surface area (Å²) in [7, 11) is 2.90. The highest BCUT2D eigenvalue weighted by Gasteiger charge is 2.41. The lowest BCUT2D eigenvalue weighted by atomic mass is 9.75. The molecule has 1 fully saturated rings. The quantitative estimate of drug-likeness (QED) is 0.0197. The predicted molar refractivity (Wildman–Crippen MR) is 406 cm³/mol. The number of carboxylic acids is 2. The molecule has 1 aromatic heterocycles. The number of amides is 9. The second-order valence-corrected chi connectivity index (χ2v) is 29.8. The fraction of sp³-hybridized carbons (Fsp3) is 0.573. The third-order valence-corrected chi connectivity index (χ3v) is 19.8. The summed E-state index contributed by atoms with van der Waals surface area (Å²) in [5.41, 5.74) is 22.4. The lowest BCUT2D eigenvalue weighted by Gasteiger charge is -2.30. The SMILES string of the molecule is CCC(N=C(N)N)[C@@H]1NC(=O)[C@@H](C)[C@H](C(=O)O)NC(=O)[C@@H](CC(C)C)NC(=O)[C@@H](C)NC(=O)C(CSCCC(=O)NCCCOCCCNc2cc(-n3nc(C)c4c3CC(C)(C)CC4=O)ccc2C(N)=O)N(C)C(=O)CCC(C(=O)O)NC(=O)[C@@H](C)[C@@H](/C=C/C(C)=C/[C@H](C)[C@H](Cc2ccccc2)OC)NC1=O. The van der Waals surface area contributed by atoms with Crippen molar-refractivity contribution in [2.24, 2.45) is 51.3 Å². The Kier molecular flexibility index (Phi) is 34.5. The lowest BCUT2D eigenvalue weighted by molar-refractivity contribution is -0.146. The summed E-state index contributed by atoms with van der Waals surface area (Å²) in [4.78, 5) is 170. The number of allylic oxidation sites excluding steroid dienone is 2. The number of Topliss-reactive ketones (excluding diaryl/α,β-unsaturated/α-hetero) is 1. The first kappa shape index (κ1) is 87.9. The number of ether oxygens (including phenoxy) is 2. The number of hydrogen-bond donors (Lipinski definition) is 13. The van der Waals surface area contributed by atoms with Crippen LogP contribution in [0.4, 0.5) is 5.69 Å². The van der Waals surface area contributed by atoms with Crippen LogP contribution in [0.3, 0.4) is 0 Å². The van der Waals surface area contributed by atoms with Crippen molar-refractivity contribution in [3.63, 3.8) is 0 Å². The first-order chi connectivity index (χ1) is 50.5. The predicted octanol–water partition coefficient (Wildman–Crippen LogP) is 3.37. The van der Waals surface area contributed by atoms with E-state index < -0.39 is 138 Å². The minimum Gasteiger partial charge on any atom is -0.480 e. The number of anilines is 1. The third kappa shape index (κ3) is 26.9. The number of rotatable bonds is 30. The van der Waals surface area contributed by atoms with Crippen molar-refractivity contribution in [2.75, 3.05) is 57.3 Å². The molecule has 0 bridgehead atoms. The number of nitrogens with zero attached hydrogens (tertiary/aromatic N) is 4. The van der Waals surface area contributed by atoms with Gasteiger partial charge in [-0.3, -0.25) is 47.9 Å². The van der Waals surface area contributed by atoms with Crippen molar-refractivity contribution < 1.29 is 77.2 Å². The first-order valence-electron chi connectivity index (χ1n) is 36.2. The number of primary amides is 1. The van der Waals surface area contributed by atoms with Gasteiger partial charge in [0.1, 0.15) is 36.3 Å². The molecular weight excluding hydrogens is 1400 g/mol. The van der Waals surface area contributed by atoms with Crippen LogP contribution < -0.4 is 59.7 Å². The third-order valence-electron chi connectivity index (χ3n) is 18.8. The number of aliphatic imine (C=N–C) groups is 1. The van der Waals surface area contributed by atoms with Crippen LogP contribution in [-0.2, 0) is 70.3 Å². The summed E-state index contributed by atoms with van der Waals surface area (Å²) >= 11 is 1.13. The highest BCUT2D eigenvalue weighted by molar-refractivity contribution is 7.99. The minimum absolute atomic E-state index is 0.0122. The zero-order valence-electron chi connectivity index (χ0n) is 63.7. The Bertz CT molecular complexity index is 3730. The number of aromatic nitrogens is 2. The van der Waals surface area contributed by atoms with Gasteiger partial charge in [-0.15, -0.1) is 0 Å². The highest BCUT2D eigenvalue weighted by atomic mass is 32.2. The van der Waals surface area contributed by atoms with Gasteiger partial charge < -0.3 is 84.3 Å². The summed E-state index contributed by atoms with van der Waals surface area (Å²) in [6, 6.07) is 2.80. The normalized spacial score (nSPS) is 22.8. The largest absolute Gasteiger partial charge is 0.480 e. The number of nitrogens with one attached hydrogen (secondary N) is 8. The molecule has 5 rings (SSSR count). The molecule has 3 aromatic rings. The van der Waals surface area contributed by atoms with Gasteiger partial charge in [0.25, 0.3) is 5.91 Å². The molecule has 31 nitrogen and oxygen atoms in total. The molecule has 9 amide bonds. The summed E-state index contributed by atoms with van der Waals surface area (Å²) in [6.07, 6.45) is 6.36. The molecule has 1 saturated heterocycles. The number of ketones is 1. The van der Waals surface area contributed by atoms with Crippen LogP contribution in [0.5, 0.6) is 0 Å². The van der Waals surface area contributed by atoms with E-state index in [-0.39, 0.29) is 77.9 Å². The zero-order valence-corrected chi connectivity index (χ0v) is 64.5. The number of thioether (sulfide) groups is 1. The van der Waals surface area contributed by atoms with E-state index in [0.717, 1.165) is 27.9 Å². The molecule has 12 atom stereocenters. The monoisotopic (exact) mass is 1510 g/mol. The number of methoxy groups -OCH3 is 1. The molecule has 588 valence electrons. The van der Waals surface area contributed by atoms with Crippen molar-refractivity contribution in [1.82, 2.24) is 51.9 Å². The Morgan fingerprint density at radius 1 is 0.822 bits per heavy atom. The fourth-order valence-electron chi connectivity index (χ4n) is 12.6. The molecule has 0 radical (unpaired) electrons. The molecule has 16 N–H and O–H groups in total. The molecule has 107 heavy (non-hydrogen) atoms. The molecule has 2 aliphatic rings. The minimum atomic E-state index is -1.98. The maximum atomic E-state index is 14.8. The van der Waals surface area contributed by atoms with Gasteiger partial charge in [-0.1, -0.05) is 110 Å². The van der Waals surface area contributed by atoms with Crippen LogP contribution in [0.2, 0.25) is 0 Å². The number of nitrogens with two attached hydrogens (primary N) is 3. The fourth-order valence-corrected chi connectivity index (χ4v) is 13.7. The molecule has 32 heteroatoms. The van der Waals surface area contributed by atoms with Crippen LogP contribution in [0.15, 0.2) is 77.3 Å². The number of aryl methyl sites for hydroxylation is 1. The number of carboxylic acid groups (broad SMARTS) is 2. The van der Waals surface area contributed by atoms with Gasteiger partial charge in [-0.2, -0.15) is 16.9 Å². The van der Waals surface area contributed by atoms with E-state index >= 15 is 0 Å².